The van der Waals surface area contributed by atoms with Gasteiger partial charge in [-0.05, 0) is 12.1 Å². The zero-order valence-corrected chi connectivity index (χ0v) is 9.07. The summed E-state index contributed by atoms with van der Waals surface area (Å²) in [5.41, 5.74) is 0.679. The molecule has 0 saturated carbocycles. The summed E-state index contributed by atoms with van der Waals surface area (Å²) < 4.78 is 19.9. The SMILES string of the molecule is COc1cc(F)ccc1Nc1nccn1C. The number of hydrogen-bond donors (Lipinski definition) is 1. The lowest BCUT2D eigenvalue weighted by molar-refractivity contribution is 0.413. The topological polar surface area (TPSA) is 39.1 Å². The molecule has 0 bridgehead atoms. The van der Waals surface area contributed by atoms with Crippen molar-refractivity contribution in [2.24, 2.45) is 7.05 Å². The molecule has 0 spiro atoms. The normalized spacial score (nSPS) is 10.2. The lowest BCUT2D eigenvalue weighted by Crippen LogP contribution is -2.00. The van der Waals surface area contributed by atoms with E-state index < -0.39 is 0 Å². The molecule has 1 aromatic carbocycles. The number of hydrogen-bond acceptors (Lipinski definition) is 3. The van der Waals surface area contributed by atoms with Crippen molar-refractivity contribution in [2.75, 3.05) is 12.4 Å². The average molecular weight is 221 g/mol. The molecule has 4 nitrogen and oxygen atoms in total. The van der Waals surface area contributed by atoms with Crippen molar-refractivity contribution < 1.29 is 9.13 Å². The third kappa shape index (κ3) is 1.98. The van der Waals surface area contributed by atoms with Gasteiger partial charge in [-0.3, -0.25) is 0 Å². The number of nitrogens with one attached hydrogen (secondary N) is 1. The fraction of sp³-hybridized carbons (Fsp3) is 0.182. The van der Waals surface area contributed by atoms with Gasteiger partial charge in [0.05, 0.1) is 12.8 Å². The van der Waals surface area contributed by atoms with Crippen LogP contribution in [0.15, 0.2) is 30.6 Å². The summed E-state index contributed by atoms with van der Waals surface area (Å²) in [7, 11) is 3.36. The molecule has 84 valence electrons. The molecule has 16 heavy (non-hydrogen) atoms. The predicted octanol–water partition coefficient (Wildman–Crippen LogP) is 2.31. The van der Waals surface area contributed by atoms with Gasteiger partial charge in [0.1, 0.15) is 11.6 Å². The molecule has 0 unspecified atom stereocenters. The van der Waals surface area contributed by atoms with Crippen molar-refractivity contribution in [2.45, 2.75) is 0 Å². The van der Waals surface area contributed by atoms with Crippen LogP contribution in [0.4, 0.5) is 16.0 Å². The monoisotopic (exact) mass is 221 g/mol. The molecular formula is C11H12FN3O. The number of halogens is 1. The maximum absolute atomic E-state index is 13.0. The number of benzene rings is 1. The smallest absolute Gasteiger partial charge is 0.207 e. The summed E-state index contributed by atoms with van der Waals surface area (Å²) in [5, 5.41) is 3.06. The number of ether oxygens (including phenoxy) is 1. The molecule has 0 saturated heterocycles. The van der Waals surface area contributed by atoms with E-state index in [0.717, 1.165) is 0 Å². The molecule has 0 radical (unpaired) electrons. The van der Waals surface area contributed by atoms with Crippen LogP contribution in [0.3, 0.4) is 0 Å². The summed E-state index contributed by atoms with van der Waals surface area (Å²) in [5.74, 6) is 0.787. The van der Waals surface area contributed by atoms with Crippen LogP contribution in [0.25, 0.3) is 0 Å². The Kier molecular flexibility index (Phi) is 2.76. The highest BCUT2D eigenvalue weighted by molar-refractivity contribution is 5.62. The molecule has 0 aliphatic heterocycles. The maximum atomic E-state index is 13.0. The minimum absolute atomic E-state index is 0.331. The van der Waals surface area contributed by atoms with E-state index in [-0.39, 0.29) is 5.82 Å². The fourth-order valence-corrected chi connectivity index (χ4v) is 1.37. The van der Waals surface area contributed by atoms with Gasteiger partial charge >= 0.3 is 0 Å². The van der Waals surface area contributed by atoms with Gasteiger partial charge in [0.2, 0.25) is 5.95 Å². The summed E-state index contributed by atoms with van der Waals surface area (Å²) in [6.45, 7) is 0. The molecule has 1 N–H and O–H groups in total. The maximum Gasteiger partial charge on any atom is 0.207 e. The molecule has 1 heterocycles. The Morgan fingerprint density at radius 1 is 1.44 bits per heavy atom. The van der Waals surface area contributed by atoms with Crippen LogP contribution in [0.1, 0.15) is 0 Å². The van der Waals surface area contributed by atoms with Crippen molar-refractivity contribution in [3.8, 4) is 5.75 Å². The van der Waals surface area contributed by atoms with E-state index in [2.05, 4.69) is 10.3 Å². The van der Waals surface area contributed by atoms with Gasteiger partial charge in [-0.1, -0.05) is 0 Å². The summed E-state index contributed by atoms with van der Waals surface area (Å²) in [6.07, 6.45) is 3.50. The second-order valence-corrected chi connectivity index (χ2v) is 3.33. The van der Waals surface area contributed by atoms with Crippen LogP contribution in [0.2, 0.25) is 0 Å². The van der Waals surface area contributed by atoms with E-state index in [9.17, 15) is 4.39 Å². The van der Waals surface area contributed by atoms with E-state index >= 15 is 0 Å². The Morgan fingerprint density at radius 3 is 2.88 bits per heavy atom. The second kappa shape index (κ2) is 4.22. The highest BCUT2D eigenvalue weighted by atomic mass is 19.1. The molecule has 0 atom stereocenters. The van der Waals surface area contributed by atoms with Gasteiger partial charge < -0.3 is 14.6 Å². The highest BCUT2D eigenvalue weighted by Crippen LogP contribution is 2.27. The second-order valence-electron chi connectivity index (χ2n) is 3.33. The molecule has 0 aliphatic rings. The van der Waals surface area contributed by atoms with Gasteiger partial charge in [-0.25, -0.2) is 9.37 Å². The molecular weight excluding hydrogens is 209 g/mol. The number of aryl methyl sites for hydroxylation is 1. The third-order valence-corrected chi connectivity index (χ3v) is 2.23. The first kappa shape index (κ1) is 10.5. The van der Waals surface area contributed by atoms with E-state index in [4.69, 9.17) is 4.74 Å². The fourth-order valence-electron chi connectivity index (χ4n) is 1.37. The van der Waals surface area contributed by atoms with Gasteiger partial charge in [0.15, 0.2) is 0 Å². The van der Waals surface area contributed by atoms with Crippen LogP contribution < -0.4 is 10.1 Å². The van der Waals surface area contributed by atoms with E-state index in [1.807, 2.05) is 17.8 Å². The Balaban J connectivity index is 2.31. The first-order chi connectivity index (χ1) is 7.70. The molecule has 0 aliphatic carbocycles. The van der Waals surface area contributed by atoms with Crippen LogP contribution in [-0.4, -0.2) is 16.7 Å². The minimum atomic E-state index is -0.331. The largest absolute Gasteiger partial charge is 0.494 e. The summed E-state index contributed by atoms with van der Waals surface area (Å²) in [6, 6.07) is 4.31. The number of aromatic nitrogens is 2. The van der Waals surface area contributed by atoms with Crippen molar-refractivity contribution in [3.63, 3.8) is 0 Å². The lowest BCUT2D eigenvalue weighted by atomic mass is 10.3. The number of rotatable bonds is 3. The average Bonchev–Trinajstić information content (AvgIpc) is 2.67. The summed E-state index contributed by atoms with van der Waals surface area (Å²) in [4.78, 5) is 4.11. The van der Waals surface area contributed by atoms with Crippen molar-refractivity contribution in [1.82, 2.24) is 9.55 Å². The molecule has 0 amide bonds. The molecule has 2 aromatic rings. The van der Waals surface area contributed by atoms with Gasteiger partial charge in [0.25, 0.3) is 0 Å². The number of nitrogens with zero attached hydrogens (tertiary/aromatic N) is 2. The van der Waals surface area contributed by atoms with Gasteiger partial charge in [-0.2, -0.15) is 0 Å². The van der Waals surface area contributed by atoms with Crippen LogP contribution in [0, 0.1) is 5.82 Å². The Morgan fingerprint density at radius 2 is 2.25 bits per heavy atom. The molecule has 1 aromatic heterocycles. The van der Waals surface area contributed by atoms with Crippen LogP contribution in [-0.2, 0) is 7.05 Å². The standard InChI is InChI=1S/C11H12FN3O/c1-15-6-5-13-11(15)14-9-4-3-8(12)7-10(9)16-2/h3-7H,1-2H3,(H,13,14). The van der Waals surface area contributed by atoms with E-state index in [1.165, 1.54) is 19.2 Å². The number of methoxy groups -OCH3 is 1. The Labute approximate surface area is 92.7 Å². The lowest BCUT2D eigenvalue weighted by Gasteiger charge is -2.10. The van der Waals surface area contributed by atoms with E-state index in [1.54, 1.807) is 12.3 Å². The predicted molar refractivity (Wildman–Crippen MR) is 59.4 cm³/mol. The Bertz CT molecular complexity index is 496. The Hall–Kier alpha value is -2.04. The van der Waals surface area contributed by atoms with E-state index in [0.29, 0.717) is 17.4 Å². The molecule has 0 fully saturated rings. The van der Waals surface area contributed by atoms with Crippen molar-refractivity contribution in [1.29, 1.82) is 0 Å². The molecule has 2 rings (SSSR count). The first-order valence-corrected chi connectivity index (χ1v) is 4.78. The zero-order valence-electron chi connectivity index (χ0n) is 9.07. The number of anilines is 2. The highest BCUT2D eigenvalue weighted by Gasteiger charge is 2.06. The first-order valence-electron chi connectivity index (χ1n) is 4.78. The minimum Gasteiger partial charge on any atom is -0.494 e. The van der Waals surface area contributed by atoms with Gasteiger partial charge in [0, 0.05) is 25.5 Å². The zero-order chi connectivity index (χ0) is 11.5. The van der Waals surface area contributed by atoms with Crippen molar-refractivity contribution in [3.05, 3.63) is 36.4 Å². The van der Waals surface area contributed by atoms with Gasteiger partial charge in [-0.15, -0.1) is 0 Å². The third-order valence-electron chi connectivity index (χ3n) is 2.23. The quantitative estimate of drug-likeness (QED) is 0.864. The number of imidazole rings is 1. The van der Waals surface area contributed by atoms with Crippen LogP contribution >= 0.6 is 0 Å². The van der Waals surface area contributed by atoms with Crippen molar-refractivity contribution >= 4 is 11.6 Å². The summed E-state index contributed by atoms with van der Waals surface area (Å²) >= 11 is 0. The molecule has 5 heteroatoms. The van der Waals surface area contributed by atoms with Crippen LogP contribution in [0.5, 0.6) is 5.75 Å².